The molecule has 1 N–H and O–H groups in total. The van der Waals surface area contributed by atoms with Gasteiger partial charge in [0.2, 0.25) is 0 Å². The molecule has 1 aliphatic heterocycles. The van der Waals surface area contributed by atoms with Crippen LogP contribution >= 0.6 is 0 Å². The molecule has 114 valence electrons. The van der Waals surface area contributed by atoms with Crippen LogP contribution in [0.5, 0.6) is 0 Å². The fourth-order valence-electron chi connectivity index (χ4n) is 2.73. The van der Waals surface area contributed by atoms with Crippen molar-refractivity contribution in [3.8, 4) is 11.4 Å². The number of hydrogen-bond acceptors (Lipinski definition) is 4. The van der Waals surface area contributed by atoms with E-state index in [4.69, 9.17) is 0 Å². The third-order valence-corrected chi connectivity index (χ3v) is 4.12. The van der Waals surface area contributed by atoms with Crippen LogP contribution in [0.3, 0.4) is 0 Å². The van der Waals surface area contributed by atoms with Gasteiger partial charge in [-0.2, -0.15) is 0 Å². The number of rotatable bonds is 4. The molecule has 2 heterocycles. The van der Waals surface area contributed by atoms with E-state index in [0.29, 0.717) is 24.0 Å². The quantitative estimate of drug-likeness (QED) is 0.937. The van der Waals surface area contributed by atoms with Crippen molar-refractivity contribution in [2.45, 2.75) is 18.9 Å². The van der Waals surface area contributed by atoms with Gasteiger partial charge in [-0.3, -0.25) is 4.79 Å². The van der Waals surface area contributed by atoms with E-state index < -0.39 is 0 Å². The van der Waals surface area contributed by atoms with E-state index in [2.05, 4.69) is 27.2 Å². The van der Waals surface area contributed by atoms with E-state index in [1.54, 1.807) is 12.4 Å². The van der Waals surface area contributed by atoms with Crippen molar-refractivity contribution in [3.63, 3.8) is 0 Å². The van der Waals surface area contributed by atoms with Crippen LogP contribution in [0.4, 0.5) is 0 Å². The molecule has 1 aromatic heterocycles. The molecule has 0 aliphatic carbocycles. The lowest BCUT2D eigenvalue weighted by atomic mass is 10.2. The van der Waals surface area contributed by atoms with Crippen LogP contribution in [0.25, 0.3) is 11.4 Å². The number of hydrogen-bond donors (Lipinski definition) is 1. The Morgan fingerprint density at radius 1 is 1.27 bits per heavy atom. The summed E-state index contributed by atoms with van der Waals surface area (Å²) >= 11 is 0. The molecular weight excluding hydrogens is 276 g/mol. The summed E-state index contributed by atoms with van der Waals surface area (Å²) in [4.78, 5) is 23.0. The molecule has 0 bridgehead atoms. The standard InChI is InChI=1S/C17H20N4O/c1-21-9-5-8-15(21)12-20-17(22)14-10-18-16(19-11-14)13-6-3-2-4-7-13/h2-4,6-7,10-11,15H,5,8-9,12H2,1H3,(H,20,22)/t15-/m0/s1. The summed E-state index contributed by atoms with van der Waals surface area (Å²) < 4.78 is 0. The van der Waals surface area contributed by atoms with Gasteiger partial charge in [0.1, 0.15) is 0 Å². The Labute approximate surface area is 130 Å². The van der Waals surface area contributed by atoms with Gasteiger partial charge in [-0.05, 0) is 26.4 Å². The predicted octanol–water partition coefficient (Wildman–Crippen LogP) is 1.97. The maximum atomic E-state index is 12.1. The normalized spacial score (nSPS) is 18.3. The molecule has 22 heavy (non-hydrogen) atoms. The molecule has 0 radical (unpaired) electrons. The molecule has 5 nitrogen and oxygen atoms in total. The molecule has 0 saturated carbocycles. The molecule has 2 aromatic rings. The van der Waals surface area contributed by atoms with Crippen molar-refractivity contribution >= 4 is 5.91 Å². The van der Waals surface area contributed by atoms with Crippen LogP contribution in [0, 0.1) is 0 Å². The minimum Gasteiger partial charge on any atom is -0.350 e. The molecule has 5 heteroatoms. The van der Waals surface area contributed by atoms with Crippen LogP contribution in [0.15, 0.2) is 42.7 Å². The minimum absolute atomic E-state index is 0.111. The molecule has 3 rings (SSSR count). The highest BCUT2D eigenvalue weighted by Crippen LogP contribution is 2.14. The summed E-state index contributed by atoms with van der Waals surface area (Å²) in [5, 5.41) is 2.97. The Balaban J connectivity index is 1.61. The maximum Gasteiger partial charge on any atom is 0.254 e. The molecule has 1 atom stereocenters. The van der Waals surface area contributed by atoms with Crippen LogP contribution in [-0.4, -0.2) is 47.0 Å². The molecule has 1 saturated heterocycles. The molecular formula is C17H20N4O. The van der Waals surface area contributed by atoms with Gasteiger partial charge < -0.3 is 10.2 Å². The van der Waals surface area contributed by atoms with Gasteiger partial charge in [0.25, 0.3) is 5.91 Å². The minimum atomic E-state index is -0.111. The Morgan fingerprint density at radius 3 is 2.64 bits per heavy atom. The van der Waals surface area contributed by atoms with Gasteiger partial charge in [0.15, 0.2) is 5.82 Å². The maximum absolute atomic E-state index is 12.1. The van der Waals surface area contributed by atoms with Crippen molar-refractivity contribution in [2.24, 2.45) is 0 Å². The zero-order chi connectivity index (χ0) is 15.4. The van der Waals surface area contributed by atoms with E-state index >= 15 is 0 Å². The Bertz CT molecular complexity index is 627. The lowest BCUT2D eigenvalue weighted by Crippen LogP contribution is -2.38. The van der Waals surface area contributed by atoms with Gasteiger partial charge in [0.05, 0.1) is 5.56 Å². The lowest BCUT2D eigenvalue weighted by Gasteiger charge is -2.19. The molecule has 0 spiro atoms. The first-order valence-corrected chi connectivity index (χ1v) is 7.60. The number of likely N-dealkylation sites (N-methyl/N-ethyl adjacent to an activating group) is 1. The first-order chi connectivity index (χ1) is 10.7. The summed E-state index contributed by atoms with van der Waals surface area (Å²) in [6, 6.07) is 10.2. The number of benzene rings is 1. The fourth-order valence-corrected chi connectivity index (χ4v) is 2.73. The van der Waals surface area contributed by atoms with Crippen molar-refractivity contribution in [3.05, 3.63) is 48.3 Å². The average Bonchev–Trinajstić information content (AvgIpc) is 2.99. The molecule has 1 amide bonds. The second-order valence-corrected chi connectivity index (χ2v) is 5.65. The Hall–Kier alpha value is -2.27. The van der Waals surface area contributed by atoms with Crippen molar-refractivity contribution in [2.75, 3.05) is 20.1 Å². The van der Waals surface area contributed by atoms with E-state index in [9.17, 15) is 4.79 Å². The first kappa shape index (κ1) is 14.7. The number of amides is 1. The monoisotopic (exact) mass is 296 g/mol. The summed E-state index contributed by atoms with van der Waals surface area (Å²) in [5.74, 6) is 0.521. The number of carbonyl (C=O) groups excluding carboxylic acids is 1. The highest BCUT2D eigenvalue weighted by atomic mass is 16.1. The van der Waals surface area contributed by atoms with Gasteiger partial charge >= 0.3 is 0 Å². The zero-order valence-electron chi connectivity index (χ0n) is 12.7. The van der Waals surface area contributed by atoms with Crippen molar-refractivity contribution in [1.29, 1.82) is 0 Å². The Kier molecular flexibility index (Phi) is 4.44. The largest absolute Gasteiger partial charge is 0.350 e. The molecule has 1 fully saturated rings. The second kappa shape index (κ2) is 6.66. The zero-order valence-corrected chi connectivity index (χ0v) is 12.7. The predicted molar refractivity (Wildman–Crippen MR) is 85.5 cm³/mol. The van der Waals surface area contributed by atoms with Crippen LogP contribution < -0.4 is 5.32 Å². The highest BCUT2D eigenvalue weighted by Gasteiger charge is 2.21. The third kappa shape index (κ3) is 3.31. The van der Waals surface area contributed by atoms with Gasteiger partial charge in [0, 0.05) is 30.5 Å². The van der Waals surface area contributed by atoms with Gasteiger partial charge in [-0.1, -0.05) is 30.3 Å². The van der Waals surface area contributed by atoms with Gasteiger partial charge in [-0.15, -0.1) is 0 Å². The van der Waals surface area contributed by atoms with Gasteiger partial charge in [-0.25, -0.2) is 9.97 Å². The SMILES string of the molecule is CN1CCC[C@H]1CNC(=O)c1cnc(-c2ccccc2)nc1. The summed E-state index contributed by atoms with van der Waals surface area (Å²) in [7, 11) is 2.10. The highest BCUT2D eigenvalue weighted by molar-refractivity contribution is 5.93. The molecule has 1 aliphatic rings. The van der Waals surface area contributed by atoms with Crippen molar-refractivity contribution in [1.82, 2.24) is 20.2 Å². The van der Waals surface area contributed by atoms with E-state index in [0.717, 1.165) is 18.5 Å². The average molecular weight is 296 g/mol. The number of nitrogens with one attached hydrogen (secondary N) is 1. The summed E-state index contributed by atoms with van der Waals surface area (Å²) in [5.41, 5.74) is 1.45. The van der Waals surface area contributed by atoms with Crippen LogP contribution in [0.2, 0.25) is 0 Å². The van der Waals surface area contributed by atoms with E-state index in [1.165, 1.54) is 6.42 Å². The number of likely N-dealkylation sites (tertiary alicyclic amines) is 1. The third-order valence-electron chi connectivity index (χ3n) is 4.12. The number of carbonyl (C=O) groups is 1. The van der Waals surface area contributed by atoms with Crippen LogP contribution in [-0.2, 0) is 0 Å². The topological polar surface area (TPSA) is 58.1 Å². The van der Waals surface area contributed by atoms with E-state index in [-0.39, 0.29) is 5.91 Å². The second-order valence-electron chi connectivity index (χ2n) is 5.65. The number of aromatic nitrogens is 2. The smallest absolute Gasteiger partial charge is 0.254 e. The molecule has 1 aromatic carbocycles. The lowest BCUT2D eigenvalue weighted by molar-refractivity contribution is 0.0943. The first-order valence-electron chi connectivity index (χ1n) is 7.60. The Morgan fingerprint density at radius 2 is 2.00 bits per heavy atom. The van der Waals surface area contributed by atoms with Crippen LogP contribution in [0.1, 0.15) is 23.2 Å². The fraction of sp³-hybridized carbons (Fsp3) is 0.353. The van der Waals surface area contributed by atoms with Crippen molar-refractivity contribution < 1.29 is 4.79 Å². The summed E-state index contributed by atoms with van der Waals surface area (Å²) in [6.45, 7) is 1.78. The molecule has 0 unspecified atom stereocenters. The van der Waals surface area contributed by atoms with E-state index in [1.807, 2.05) is 30.3 Å². The summed E-state index contributed by atoms with van der Waals surface area (Å²) in [6.07, 6.45) is 5.51. The number of nitrogens with zero attached hydrogens (tertiary/aromatic N) is 3.